The molecule has 170 valence electrons. The highest BCUT2D eigenvalue weighted by molar-refractivity contribution is 5.80. The molecule has 1 aliphatic rings. The average molecular weight is 449 g/mol. The average Bonchev–Trinajstić information content (AvgIpc) is 3.56. The van der Waals surface area contributed by atoms with Crippen molar-refractivity contribution in [3.05, 3.63) is 59.4 Å². The molecule has 4 heterocycles. The number of aliphatic hydroxyl groups excluding tert-OH is 1. The van der Waals surface area contributed by atoms with Crippen molar-refractivity contribution in [2.75, 3.05) is 18.8 Å². The van der Waals surface area contributed by atoms with Gasteiger partial charge in [0.1, 0.15) is 24.0 Å². The first-order chi connectivity index (χ1) is 15.9. The summed E-state index contributed by atoms with van der Waals surface area (Å²) in [4.78, 5) is 8.84. The second-order valence-corrected chi connectivity index (χ2v) is 7.89. The lowest BCUT2D eigenvalue weighted by atomic mass is 10.1. The van der Waals surface area contributed by atoms with Gasteiger partial charge in [-0.25, -0.2) is 19.0 Å². The van der Waals surface area contributed by atoms with Gasteiger partial charge in [0.25, 0.3) is 0 Å². The second kappa shape index (κ2) is 9.36. The molecule has 5 rings (SSSR count). The number of hydrogen-bond donors (Lipinski definition) is 3. The molecule has 0 amide bonds. The molecule has 0 spiro atoms. The Balaban J connectivity index is 0.000000459. The van der Waals surface area contributed by atoms with Crippen molar-refractivity contribution in [1.29, 1.82) is 5.26 Å². The third-order valence-electron chi connectivity index (χ3n) is 5.41. The maximum Gasteiger partial charge on any atom is 0.163 e. The van der Waals surface area contributed by atoms with Crippen molar-refractivity contribution in [2.24, 2.45) is 0 Å². The van der Waals surface area contributed by atoms with E-state index in [9.17, 15) is 9.50 Å². The monoisotopic (exact) mass is 448 g/mol. The molecule has 4 aromatic rings. The number of nitriles is 1. The third kappa shape index (κ3) is 4.55. The van der Waals surface area contributed by atoms with E-state index in [0.717, 1.165) is 0 Å². The van der Waals surface area contributed by atoms with E-state index in [1.54, 1.807) is 36.6 Å². The van der Waals surface area contributed by atoms with Crippen LogP contribution in [0.4, 0.5) is 10.1 Å². The Kier molecular flexibility index (Phi) is 6.35. The summed E-state index contributed by atoms with van der Waals surface area (Å²) in [6.45, 7) is 5.92. The number of pyridine rings is 1. The van der Waals surface area contributed by atoms with E-state index >= 15 is 0 Å². The molecule has 0 radical (unpaired) electrons. The van der Waals surface area contributed by atoms with Crippen molar-refractivity contribution < 1.29 is 9.50 Å². The van der Waals surface area contributed by atoms with Crippen LogP contribution < -0.4 is 11.1 Å². The Morgan fingerprint density at radius 1 is 1.24 bits per heavy atom. The lowest BCUT2D eigenvalue weighted by Gasteiger charge is -2.14. The maximum absolute atomic E-state index is 13.7. The van der Waals surface area contributed by atoms with Gasteiger partial charge in [-0.15, -0.1) is 0 Å². The highest BCUT2D eigenvalue weighted by Gasteiger charge is 2.18. The minimum Gasteiger partial charge on any atom is -0.396 e. The molecule has 10 heteroatoms. The lowest BCUT2D eigenvalue weighted by Crippen LogP contribution is -2.11. The fourth-order valence-electron chi connectivity index (χ4n) is 3.68. The number of imidazole rings is 1. The first-order valence-electron chi connectivity index (χ1n) is 10.7. The molecule has 0 bridgehead atoms. The Morgan fingerprint density at radius 3 is 2.61 bits per heavy atom. The number of halogens is 1. The van der Waals surface area contributed by atoms with Gasteiger partial charge in [-0.2, -0.15) is 10.4 Å². The Hall–Kier alpha value is -3.81. The molecule has 1 aromatic carbocycles. The number of benzene rings is 1. The van der Waals surface area contributed by atoms with E-state index in [2.05, 4.69) is 20.4 Å². The van der Waals surface area contributed by atoms with Gasteiger partial charge in [-0.1, -0.05) is 0 Å². The van der Waals surface area contributed by atoms with Gasteiger partial charge in [-0.05, 0) is 64.0 Å². The van der Waals surface area contributed by atoms with Gasteiger partial charge in [0.2, 0.25) is 0 Å². The van der Waals surface area contributed by atoms with Gasteiger partial charge in [0, 0.05) is 17.3 Å². The first-order valence-corrected chi connectivity index (χ1v) is 10.7. The summed E-state index contributed by atoms with van der Waals surface area (Å²) >= 11 is 0. The number of fused-ring (bicyclic) bond motifs is 1. The number of aliphatic hydroxyl groups is 1. The first kappa shape index (κ1) is 22.4. The zero-order valence-corrected chi connectivity index (χ0v) is 18.5. The van der Waals surface area contributed by atoms with Gasteiger partial charge >= 0.3 is 0 Å². The number of nitrogens with two attached hydrogens (primary N) is 1. The molecule has 33 heavy (non-hydrogen) atoms. The standard InChI is InChI=1S/C19H16FN7O.C4H9N/c1-10-5-12(8-21)25-27(10)19-13(11(2)28)3-4-18(24-19)26-9-23-16-6-14(20)15(22)7-17(16)26;1-2-4-5-3-1/h3-7,9,11,28H,22H2,1-2H3;5H,1-4H2. The van der Waals surface area contributed by atoms with Gasteiger partial charge in [-0.3, -0.25) is 4.57 Å². The number of rotatable bonds is 3. The molecule has 4 N–H and O–H groups in total. The van der Waals surface area contributed by atoms with E-state index < -0.39 is 11.9 Å². The topological polar surface area (TPSA) is 131 Å². The molecule has 1 aliphatic heterocycles. The number of nitrogens with zero attached hydrogens (tertiary/aromatic N) is 6. The summed E-state index contributed by atoms with van der Waals surface area (Å²) in [6, 6.07) is 9.84. The van der Waals surface area contributed by atoms with E-state index in [1.165, 1.54) is 49.1 Å². The highest BCUT2D eigenvalue weighted by Crippen LogP contribution is 2.26. The normalized spacial score (nSPS) is 14.0. The largest absolute Gasteiger partial charge is 0.396 e. The maximum atomic E-state index is 13.7. The molecule has 0 aliphatic carbocycles. The fraction of sp³-hybridized carbons (Fsp3) is 0.304. The van der Waals surface area contributed by atoms with Crippen molar-refractivity contribution in [1.82, 2.24) is 29.6 Å². The summed E-state index contributed by atoms with van der Waals surface area (Å²) < 4.78 is 16.9. The number of anilines is 1. The molecular weight excluding hydrogens is 423 g/mol. The van der Waals surface area contributed by atoms with Crippen LogP contribution in [0.3, 0.4) is 0 Å². The molecule has 0 saturated carbocycles. The molecular formula is C23H25FN8O. The predicted molar refractivity (Wildman–Crippen MR) is 123 cm³/mol. The van der Waals surface area contributed by atoms with Crippen molar-refractivity contribution in [3.8, 4) is 17.7 Å². The van der Waals surface area contributed by atoms with Crippen LogP contribution >= 0.6 is 0 Å². The van der Waals surface area contributed by atoms with Crippen LogP contribution in [-0.2, 0) is 0 Å². The van der Waals surface area contributed by atoms with E-state index in [-0.39, 0.29) is 11.4 Å². The molecule has 1 unspecified atom stereocenters. The fourth-order valence-corrected chi connectivity index (χ4v) is 3.68. The minimum absolute atomic E-state index is 0.0108. The summed E-state index contributed by atoms with van der Waals surface area (Å²) in [6.07, 6.45) is 3.50. The third-order valence-corrected chi connectivity index (χ3v) is 5.41. The second-order valence-electron chi connectivity index (χ2n) is 7.89. The SMILES string of the molecule is C1CCNC1.Cc1cc(C#N)nn1-c1nc(-n2cnc3cc(F)c(N)cc32)ccc1C(C)O. The quantitative estimate of drug-likeness (QED) is 0.411. The number of nitrogen functional groups attached to an aromatic ring is 1. The smallest absolute Gasteiger partial charge is 0.163 e. The summed E-state index contributed by atoms with van der Waals surface area (Å²) in [5.74, 6) is 0.344. The molecule has 1 atom stereocenters. The zero-order valence-electron chi connectivity index (χ0n) is 18.5. The van der Waals surface area contributed by atoms with Gasteiger partial charge in [0.15, 0.2) is 11.5 Å². The van der Waals surface area contributed by atoms with Crippen LogP contribution in [0.15, 0.2) is 36.7 Å². The van der Waals surface area contributed by atoms with Gasteiger partial charge in [0.05, 0.1) is 22.8 Å². The van der Waals surface area contributed by atoms with Gasteiger partial charge < -0.3 is 16.2 Å². The number of aromatic nitrogens is 5. The Morgan fingerprint density at radius 2 is 2.00 bits per heavy atom. The molecule has 3 aromatic heterocycles. The predicted octanol–water partition coefficient (Wildman–Crippen LogP) is 2.93. The van der Waals surface area contributed by atoms with Crippen molar-refractivity contribution in [3.63, 3.8) is 0 Å². The van der Waals surface area contributed by atoms with E-state index in [0.29, 0.717) is 33.9 Å². The number of nitrogens with one attached hydrogen (secondary N) is 1. The number of aryl methyl sites for hydroxylation is 1. The van der Waals surface area contributed by atoms with Crippen molar-refractivity contribution >= 4 is 16.7 Å². The lowest BCUT2D eigenvalue weighted by molar-refractivity contribution is 0.198. The van der Waals surface area contributed by atoms with E-state index in [1.807, 2.05) is 6.07 Å². The van der Waals surface area contributed by atoms with Crippen LogP contribution in [0.1, 0.15) is 42.8 Å². The molecule has 1 fully saturated rings. The zero-order chi connectivity index (χ0) is 23.5. The minimum atomic E-state index is -0.796. The molecule has 9 nitrogen and oxygen atoms in total. The Labute approximate surface area is 190 Å². The van der Waals surface area contributed by atoms with Crippen LogP contribution in [0.25, 0.3) is 22.7 Å². The summed E-state index contributed by atoms with van der Waals surface area (Å²) in [7, 11) is 0. The van der Waals surface area contributed by atoms with Crippen LogP contribution in [0.5, 0.6) is 0 Å². The highest BCUT2D eigenvalue weighted by atomic mass is 19.1. The summed E-state index contributed by atoms with van der Waals surface area (Å²) in [5.41, 5.74) is 8.24. The molecule has 1 saturated heterocycles. The van der Waals surface area contributed by atoms with Crippen LogP contribution in [0, 0.1) is 24.1 Å². The van der Waals surface area contributed by atoms with E-state index in [4.69, 9.17) is 11.0 Å². The van der Waals surface area contributed by atoms with Crippen LogP contribution in [-0.4, -0.2) is 42.5 Å². The summed E-state index contributed by atoms with van der Waals surface area (Å²) in [5, 5.41) is 26.7. The number of hydrogen-bond acceptors (Lipinski definition) is 7. The van der Waals surface area contributed by atoms with Crippen LogP contribution in [0.2, 0.25) is 0 Å². The Bertz CT molecular complexity index is 1320. The van der Waals surface area contributed by atoms with Crippen molar-refractivity contribution in [2.45, 2.75) is 32.8 Å².